The van der Waals surface area contributed by atoms with Crippen LogP contribution in [0.15, 0.2) is 60.7 Å². The van der Waals surface area contributed by atoms with Gasteiger partial charge in [-0.05, 0) is 66.3 Å². The van der Waals surface area contributed by atoms with E-state index in [0.29, 0.717) is 6.54 Å². The van der Waals surface area contributed by atoms with Gasteiger partial charge in [0, 0.05) is 26.2 Å². The summed E-state index contributed by atoms with van der Waals surface area (Å²) in [5.74, 6) is 0.892. The zero-order valence-corrected chi connectivity index (χ0v) is 18.0. The monoisotopic (exact) mass is 388 g/mol. The fourth-order valence-electron chi connectivity index (χ4n) is 3.88. The van der Waals surface area contributed by atoms with E-state index in [1.54, 1.807) is 7.11 Å². The first kappa shape index (κ1) is 21.1. The molecule has 0 heterocycles. The van der Waals surface area contributed by atoms with Crippen LogP contribution in [0.3, 0.4) is 0 Å². The molecular formula is C26H32N2O. The molecule has 0 amide bonds. The highest BCUT2D eigenvalue weighted by atomic mass is 16.5. The Bertz CT molecular complexity index is 857. The number of benzene rings is 3. The lowest BCUT2D eigenvalue weighted by Gasteiger charge is -2.25. The largest absolute Gasteiger partial charge is 0.497 e. The minimum atomic E-state index is 0.581. The van der Waals surface area contributed by atoms with Crippen LogP contribution >= 0.6 is 0 Å². The number of ether oxygens (including phenoxy) is 1. The molecule has 3 rings (SSSR count). The molecule has 0 unspecified atom stereocenters. The molecule has 0 aliphatic carbocycles. The van der Waals surface area contributed by atoms with Gasteiger partial charge in [-0.25, -0.2) is 0 Å². The molecule has 0 spiro atoms. The molecule has 0 aliphatic heterocycles. The fourth-order valence-corrected chi connectivity index (χ4v) is 3.88. The summed E-state index contributed by atoms with van der Waals surface area (Å²) in [4.78, 5) is 2.50. The van der Waals surface area contributed by atoms with E-state index >= 15 is 0 Å². The van der Waals surface area contributed by atoms with Crippen LogP contribution in [0.5, 0.6) is 5.75 Å². The Morgan fingerprint density at radius 2 is 1.21 bits per heavy atom. The molecule has 3 heteroatoms. The fraction of sp³-hybridized carbons (Fsp3) is 0.308. The van der Waals surface area contributed by atoms with Crippen LogP contribution in [0.25, 0.3) is 0 Å². The molecule has 29 heavy (non-hydrogen) atoms. The maximum absolute atomic E-state index is 5.75. The summed E-state index contributed by atoms with van der Waals surface area (Å²) in [6, 6.07) is 21.6. The van der Waals surface area contributed by atoms with Gasteiger partial charge in [0.25, 0.3) is 0 Å². The lowest BCUT2D eigenvalue weighted by atomic mass is 9.99. The molecule has 152 valence electrons. The van der Waals surface area contributed by atoms with Crippen LogP contribution < -0.4 is 10.5 Å². The summed E-state index contributed by atoms with van der Waals surface area (Å²) in [5, 5.41) is 0. The van der Waals surface area contributed by atoms with Gasteiger partial charge in [-0.3, -0.25) is 4.90 Å². The van der Waals surface area contributed by atoms with Crippen molar-refractivity contribution in [2.24, 2.45) is 5.73 Å². The SMILES string of the molecule is COc1ccc(CN(Cc2ccc(CN)cc2)Cc2c(C)cc(C)cc2C)cc1. The van der Waals surface area contributed by atoms with E-state index in [1.165, 1.54) is 38.9 Å². The third kappa shape index (κ3) is 5.69. The maximum Gasteiger partial charge on any atom is 0.118 e. The quantitative estimate of drug-likeness (QED) is 0.570. The molecule has 0 bridgehead atoms. The molecule has 0 saturated carbocycles. The second-order valence-electron chi connectivity index (χ2n) is 7.89. The Kier molecular flexibility index (Phi) is 7.08. The summed E-state index contributed by atoms with van der Waals surface area (Å²) >= 11 is 0. The molecular weight excluding hydrogens is 356 g/mol. The van der Waals surface area contributed by atoms with Crippen molar-refractivity contribution in [1.82, 2.24) is 4.90 Å². The van der Waals surface area contributed by atoms with Crippen LogP contribution in [0, 0.1) is 20.8 Å². The molecule has 3 aromatic carbocycles. The molecule has 0 aliphatic rings. The minimum absolute atomic E-state index is 0.581. The molecule has 3 nitrogen and oxygen atoms in total. The highest BCUT2D eigenvalue weighted by molar-refractivity contribution is 5.37. The maximum atomic E-state index is 5.75. The number of rotatable bonds is 8. The highest BCUT2D eigenvalue weighted by Gasteiger charge is 2.12. The molecule has 2 N–H and O–H groups in total. The lowest BCUT2D eigenvalue weighted by Crippen LogP contribution is -2.23. The zero-order valence-electron chi connectivity index (χ0n) is 18.0. The van der Waals surface area contributed by atoms with Crippen molar-refractivity contribution in [2.45, 2.75) is 47.0 Å². The van der Waals surface area contributed by atoms with Crippen LogP contribution in [0.2, 0.25) is 0 Å². The summed E-state index contributed by atoms with van der Waals surface area (Å²) in [7, 11) is 1.70. The molecule has 0 aromatic heterocycles. The molecule has 0 atom stereocenters. The number of aryl methyl sites for hydroxylation is 3. The van der Waals surface area contributed by atoms with Crippen molar-refractivity contribution < 1.29 is 4.74 Å². The zero-order chi connectivity index (χ0) is 20.8. The average Bonchev–Trinajstić information content (AvgIpc) is 2.71. The van der Waals surface area contributed by atoms with Gasteiger partial charge in [-0.1, -0.05) is 54.1 Å². The first-order chi connectivity index (χ1) is 14.0. The van der Waals surface area contributed by atoms with Crippen LogP contribution in [-0.4, -0.2) is 12.0 Å². The lowest BCUT2D eigenvalue weighted by molar-refractivity contribution is 0.246. The van der Waals surface area contributed by atoms with E-state index in [4.69, 9.17) is 10.5 Å². The average molecular weight is 389 g/mol. The van der Waals surface area contributed by atoms with Gasteiger partial charge in [0.2, 0.25) is 0 Å². The van der Waals surface area contributed by atoms with Gasteiger partial charge in [0.05, 0.1) is 7.11 Å². The van der Waals surface area contributed by atoms with Crippen LogP contribution in [0.1, 0.15) is 38.9 Å². The molecule has 0 saturated heterocycles. The smallest absolute Gasteiger partial charge is 0.118 e. The van der Waals surface area contributed by atoms with Gasteiger partial charge in [-0.2, -0.15) is 0 Å². The normalized spacial score (nSPS) is 11.1. The van der Waals surface area contributed by atoms with Gasteiger partial charge >= 0.3 is 0 Å². The molecule has 3 aromatic rings. The van der Waals surface area contributed by atoms with E-state index in [1.807, 2.05) is 12.1 Å². The number of methoxy groups -OCH3 is 1. The van der Waals surface area contributed by atoms with Crippen molar-refractivity contribution in [1.29, 1.82) is 0 Å². The topological polar surface area (TPSA) is 38.5 Å². The summed E-state index contributed by atoms with van der Waals surface area (Å²) < 4.78 is 5.31. The standard InChI is InChI=1S/C26H32N2O/c1-19-13-20(2)26(21(3)14-19)18-28(16-23-7-5-22(15-27)6-8-23)17-24-9-11-25(29-4)12-10-24/h5-14H,15-18,27H2,1-4H3. The van der Waals surface area contributed by atoms with Crippen molar-refractivity contribution in [3.05, 3.63) is 99.6 Å². The Morgan fingerprint density at radius 1 is 0.724 bits per heavy atom. The number of nitrogens with zero attached hydrogens (tertiary/aromatic N) is 1. The third-order valence-electron chi connectivity index (χ3n) is 5.45. The Hall–Kier alpha value is -2.62. The van der Waals surface area contributed by atoms with E-state index in [9.17, 15) is 0 Å². The summed E-state index contributed by atoms with van der Waals surface area (Å²) in [6.07, 6.45) is 0. The highest BCUT2D eigenvalue weighted by Crippen LogP contribution is 2.22. The Labute approximate surface area is 175 Å². The van der Waals surface area contributed by atoms with Crippen LogP contribution in [0.4, 0.5) is 0 Å². The third-order valence-corrected chi connectivity index (χ3v) is 5.45. The first-order valence-corrected chi connectivity index (χ1v) is 10.2. The summed E-state index contributed by atoms with van der Waals surface area (Å²) in [6.45, 7) is 9.88. The number of nitrogens with two attached hydrogens (primary N) is 1. The van der Waals surface area contributed by atoms with Crippen LogP contribution in [-0.2, 0) is 26.2 Å². The second-order valence-corrected chi connectivity index (χ2v) is 7.89. The van der Waals surface area contributed by atoms with E-state index in [2.05, 4.69) is 74.2 Å². The van der Waals surface area contributed by atoms with Crippen molar-refractivity contribution >= 4 is 0 Å². The van der Waals surface area contributed by atoms with Gasteiger partial charge < -0.3 is 10.5 Å². The van der Waals surface area contributed by atoms with Gasteiger partial charge in [0.1, 0.15) is 5.75 Å². The minimum Gasteiger partial charge on any atom is -0.497 e. The summed E-state index contributed by atoms with van der Waals surface area (Å²) in [5.41, 5.74) is 15.0. The van der Waals surface area contributed by atoms with E-state index in [0.717, 1.165) is 25.4 Å². The predicted molar refractivity (Wildman–Crippen MR) is 121 cm³/mol. The second kappa shape index (κ2) is 9.73. The predicted octanol–water partition coefficient (Wildman–Crippen LogP) is 5.28. The van der Waals surface area contributed by atoms with Gasteiger partial charge in [0.15, 0.2) is 0 Å². The van der Waals surface area contributed by atoms with E-state index < -0.39 is 0 Å². The Morgan fingerprint density at radius 3 is 1.69 bits per heavy atom. The number of hydrogen-bond acceptors (Lipinski definition) is 3. The molecule has 0 fully saturated rings. The number of hydrogen-bond donors (Lipinski definition) is 1. The first-order valence-electron chi connectivity index (χ1n) is 10.2. The van der Waals surface area contributed by atoms with Gasteiger partial charge in [-0.15, -0.1) is 0 Å². The van der Waals surface area contributed by atoms with Crippen molar-refractivity contribution in [3.63, 3.8) is 0 Å². The van der Waals surface area contributed by atoms with E-state index in [-0.39, 0.29) is 0 Å². The molecule has 0 radical (unpaired) electrons. The van der Waals surface area contributed by atoms with Crippen molar-refractivity contribution in [3.8, 4) is 5.75 Å². The Balaban J connectivity index is 1.85. The van der Waals surface area contributed by atoms with Crippen molar-refractivity contribution in [2.75, 3.05) is 7.11 Å².